The van der Waals surface area contributed by atoms with E-state index in [2.05, 4.69) is 20.3 Å². The molecule has 1 aromatic rings. The highest BCUT2D eigenvalue weighted by Crippen LogP contribution is 2.12. The zero-order valence-electron chi connectivity index (χ0n) is 11.1. The highest BCUT2D eigenvalue weighted by Gasteiger charge is 2.21. The Hall–Kier alpha value is -2.18. The molecule has 0 saturated carbocycles. The quantitative estimate of drug-likeness (QED) is 0.742. The largest absolute Gasteiger partial charge is 0.481 e. The first kappa shape index (κ1) is 14.9. The topological polar surface area (TPSA) is 101 Å². The van der Waals surface area contributed by atoms with Crippen LogP contribution in [0.2, 0.25) is 0 Å². The Labute approximate surface area is 111 Å². The SMILES string of the molecule is COC(=O)c1ccc(NCC(C(=O)O)C(C)C)nn1. The summed E-state index contributed by atoms with van der Waals surface area (Å²) in [6.45, 7) is 3.93. The minimum absolute atomic E-state index is 0.00676. The van der Waals surface area contributed by atoms with E-state index in [0.29, 0.717) is 5.82 Å². The zero-order valence-corrected chi connectivity index (χ0v) is 11.1. The number of carboxylic acid groups (broad SMARTS) is 1. The number of aliphatic carboxylic acids is 1. The number of rotatable bonds is 6. The molecule has 1 heterocycles. The lowest BCUT2D eigenvalue weighted by Gasteiger charge is -2.16. The van der Waals surface area contributed by atoms with Crippen LogP contribution in [-0.2, 0) is 9.53 Å². The average Bonchev–Trinajstić information content (AvgIpc) is 2.38. The summed E-state index contributed by atoms with van der Waals surface area (Å²) in [5.74, 6) is -1.51. The lowest BCUT2D eigenvalue weighted by atomic mass is 9.96. The average molecular weight is 267 g/mol. The van der Waals surface area contributed by atoms with Crippen molar-refractivity contribution in [3.63, 3.8) is 0 Å². The summed E-state index contributed by atoms with van der Waals surface area (Å²) in [6, 6.07) is 3.02. The molecule has 7 nitrogen and oxygen atoms in total. The second kappa shape index (κ2) is 6.67. The molecule has 19 heavy (non-hydrogen) atoms. The first-order valence-corrected chi connectivity index (χ1v) is 5.84. The standard InChI is InChI=1S/C12H17N3O4/c1-7(2)8(11(16)17)6-13-10-5-4-9(14-15-10)12(18)19-3/h4-5,7-8H,6H2,1-3H3,(H,13,15)(H,16,17). The van der Waals surface area contributed by atoms with Gasteiger partial charge in [-0.05, 0) is 18.1 Å². The summed E-state index contributed by atoms with van der Waals surface area (Å²) in [5.41, 5.74) is 0.103. The number of anilines is 1. The summed E-state index contributed by atoms with van der Waals surface area (Å²) in [4.78, 5) is 22.2. The van der Waals surface area contributed by atoms with E-state index in [1.54, 1.807) is 6.07 Å². The molecule has 104 valence electrons. The van der Waals surface area contributed by atoms with E-state index in [-0.39, 0.29) is 18.2 Å². The molecule has 0 aliphatic heterocycles. The van der Waals surface area contributed by atoms with Crippen LogP contribution < -0.4 is 5.32 Å². The molecule has 1 aromatic heterocycles. The maximum atomic E-state index is 11.1. The van der Waals surface area contributed by atoms with Crippen molar-refractivity contribution in [1.29, 1.82) is 0 Å². The van der Waals surface area contributed by atoms with Gasteiger partial charge in [-0.3, -0.25) is 4.79 Å². The van der Waals surface area contributed by atoms with Gasteiger partial charge in [0.05, 0.1) is 13.0 Å². The fourth-order valence-corrected chi connectivity index (χ4v) is 1.46. The number of carbonyl (C=O) groups excluding carboxylic acids is 1. The summed E-state index contributed by atoms with van der Waals surface area (Å²) in [5, 5.41) is 19.4. The first-order chi connectivity index (χ1) is 8.95. The molecule has 1 atom stereocenters. The van der Waals surface area contributed by atoms with Crippen LogP contribution in [0, 0.1) is 11.8 Å². The molecule has 1 unspecified atom stereocenters. The zero-order chi connectivity index (χ0) is 14.4. The van der Waals surface area contributed by atoms with Crippen LogP contribution in [0.4, 0.5) is 5.82 Å². The number of ether oxygens (including phenoxy) is 1. The van der Waals surface area contributed by atoms with Crippen molar-refractivity contribution in [2.75, 3.05) is 19.0 Å². The highest BCUT2D eigenvalue weighted by atomic mass is 16.5. The third-order valence-electron chi connectivity index (χ3n) is 2.68. The van der Waals surface area contributed by atoms with E-state index < -0.39 is 17.9 Å². The number of hydrogen-bond donors (Lipinski definition) is 2. The maximum Gasteiger partial charge on any atom is 0.358 e. The summed E-state index contributed by atoms with van der Waals surface area (Å²) in [6.07, 6.45) is 0. The van der Waals surface area contributed by atoms with Gasteiger partial charge < -0.3 is 15.2 Å². The van der Waals surface area contributed by atoms with Crippen LogP contribution in [-0.4, -0.2) is 40.9 Å². The van der Waals surface area contributed by atoms with Crippen LogP contribution in [0.25, 0.3) is 0 Å². The van der Waals surface area contributed by atoms with E-state index in [1.165, 1.54) is 13.2 Å². The van der Waals surface area contributed by atoms with Crippen LogP contribution in [0.5, 0.6) is 0 Å². The van der Waals surface area contributed by atoms with Crippen LogP contribution >= 0.6 is 0 Å². The number of aromatic nitrogens is 2. The number of carboxylic acids is 1. The van der Waals surface area contributed by atoms with E-state index in [9.17, 15) is 9.59 Å². The number of methoxy groups -OCH3 is 1. The number of esters is 1. The van der Waals surface area contributed by atoms with Crippen molar-refractivity contribution < 1.29 is 19.4 Å². The number of hydrogen-bond acceptors (Lipinski definition) is 6. The number of nitrogens with one attached hydrogen (secondary N) is 1. The summed E-state index contributed by atoms with van der Waals surface area (Å²) >= 11 is 0. The third kappa shape index (κ3) is 4.20. The Morgan fingerprint density at radius 2 is 2.05 bits per heavy atom. The van der Waals surface area contributed by atoms with Gasteiger partial charge in [0.15, 0.2) is 5.69 Å². The fraction of sp³-hybridized carbons (Fsp3) is 0.500. The molecule has 2 N–H and O–H groups in total. The van der Waals surface area contributed by atoms with Crippen molar-refractivity contribution in [1.82, 2.24) is 10.2 Å². The van der Waals surface area contributed by atoms with Crippen molar-refractivity contribution in [3.05, 3.63) is 17.8 Å². The summed E-state index contributed by atoms with van der Waals surface area (Å²) in [7, 11) is 1.26. The lowest BCUT2D eigenvalue weighted by Crippen LogP contribution is -2.27. The number of carbonyl (C=O) groups is 2. The molecule has 7 heteroatoms. The minimum Gasteiger partial charge on any atom is -0.481 e. The Kier molecular flexibility index (Phi) is 5.23. The van der Waals surface area contributed by atoms with Gasteiger partial charge in [0.25, 0.3) is 0 Å². The normalized spacial score (nSPS) is 12.0. The second-order valence-corrected chi connectivity index (χ2v) is 4.37. The molecule has 0 amide bonds. The van der Waals surface area contributed by atoms with E-state index in [0.717, 1.165) is 0 Å². The van der Waals surface area contributed by atoms with Crippen molar-refractivity contribution in [3.8, 4) is 0 Å². The van der Waals surface area contributed by atoms with Gasteiger partial charge in [-0.25, -0.2) is 4.79 Å². The van der Waals surface area contributed by atoms with Gasteiger partial charge in [-0.15, -0.1) is 10.2 Å². The smallest absolute Gasteiger partial charge is 0.358 e. The molecule has 0 aliphatic rings. The van der Waals surface area contributed by atoms with Gasteiger partial charge >= 0.3 is 11.9 Å². The third-order valence-corrected chi connectivity index (χ3v) is 2.68. The predicted octanol–water partition coefficient (Wildman–Crippen LogP) is 1.03. The van der Waals surface area contributed by atoms with Crippen LogP contribution in [0.3, 0.4) is 0 Å². The van der Waals surface area contributed by atoms with Crippen molar-refractivity contribution >= 4 is 17.8 Å². The Bertz CT molecular complexity index is 445. The molecule has 0 aliphatic carbocycles. The highest BCUT2D eigenvalue weighted by molar-refractivity contribution is 5.86. The second-order valence-electron chi connectivity index (χ2n) is 4.37. The Morgan fingerprint density at radius 3 is 2.47 bits per heavy atom. The Morgan fingerprint density at radius 1 is 1.37 bits per heavy atom. The van der Waals surface area contributed by atoms with Gasteiger partial charge in [-0.1, -0.05) is 13.8 Å². The molecular weight excluding hydrogens is 250 g/mol. The maximum absolute atomic E-state index is 11.1. The van der Waals surface area contributed by atoms with Crippen LogP contribution in [0.1, 0.15) is 24.3 Å². The van der Waals surface area contributed by atoms with Crippen molar-refractivity contribution in [2.24, 2.45) is 11.8 Å². The van der Waals surface area contributed by atoms with Crippen molar-refractivity contribution in [2.45, 2.75) is 13.8 Å². The lowest BCUT2D eigenvalue weighted by molar-refractivity contribution is -0.142. The minimum atomic E-state index is -0.860. The van der Waals surface area contributed by atoms with Gasteiger partial charge in [0.1, 0.15) is 5.82 Å². The molecule has 0 spiro atoms. The predicted molar refractivity (Wildman–Crippen MR) is 67.8 cm³/mol. The molecule has 0 saturated heterocycles. The number of nitrogens with zero attached hydrogens (tertiary/aromatic N) is 2. The van der Waals surface area contributed by atoms with Gasteiger partial charge in [0, 0.05) is 6.54 Å². The van der Waals surface area contributed by atoms with Gasteiger partial charge in [-0.2, -0.15) is 0 Å². The van der Waals surface area contributed by atoms with E-state index in [4.69, 9.17) is 5.11 Å². The Balaban J connectivity index is 2.63. The molecule has 0 fully saturated rings. The molecular formula is C12H17N3O4. The molecule has 0 aromatic carbocycles. The fourth-order valence-electron chi connectivity index (χ4n) is 1.46. The van der Waals surface area contributed by atoms with E-state index in [1.807, 2.05) is 13.8 Å². The first-order valence-electron chi connectivity index (χ1n) is 5.84. The van der Waals surface area contributed by atoms with Gasteiger partial charge in [0.2, 0.25) is 0 Å². The van der Waals surface area contributed by atoms with E-state index >= 15 is 0 Å². The molecule has 1 rings (SSSR count). The molecule has 0 bridgehead atoms. The molecule has 0 radical (unpaired) electrons. The van der Waals surface area contributed by atoms with Crippen LogP contribution in [0.15, 0.2) is 12.1 Å². The monoisotopic (exact) mass is 267 g/mol. The summed E-state index contributed by atoms with van der Waals surface area (Å²) < 4.78 is 4.50.